The average Bonchev–Trinajstić information content (AvgIpc) is 2.78. The molecule has 168 valence electrons. The molecule has 2 aromatic carbocycles. The van der Waals surface area contributed by atoms with E-state index in [9.17, 15) is 13.2 Å². The maximum absolute atomic E-state index is 12.6. The Hall–Kier alpha value is -2.58. The highest BCUT2D eigenvalue weighted by atomic mass is 32.2. The SMILES string of the molecule is CCOc1ccc(S(=O)(=O)NC2CCN(C(=O)CCCOc3ccccc3)CC2)cc1. The lowest BCUT2D eigenvalue weighted by atomic mass is 10.1. The summed E-state index contributed by atoms with van der Waals surface area (Å²) in [6.07, 6.45) is 2.28. The molecule has 1 N–H and O–H groups in total. The van der Waals surface area contributed by atoms with Gasteiger partial charge in [-0.15, -0.1) is 0 Å². The van der Waals surface area contributed by atoms with Gasteiger partial charge in [-0.3, -0.25) is 4.79 Å². The first kappa shape index (κ1) is 23.1. The first-order chi connectivity index (χ1) is 15.0. The monoisotopic (exact) mass is 446 g/mol. The van der Waals surface area contributed by atoms with E-state index in [-0.39, 0.29) is 16.8 Å². The summed E-state index contributed by atoms with van der Waals surface area (Å²) in [6, 6.07) is 15.8. The van der Waals surface area contributed by atoms with Crippen LogP contribution in [0, 0.1) is 0 Å². The largest absolute Gasteiger partial charge is 0.494 e. The normalized spacial score (nSPS) is 14.9. The van der Waals surface area contributed by atoms with Crippen molar-refractivity contribution in [3.63, 3.8) is 0 Å². The van der Waals surface area contributed by atoms with E-state index in [1.54, 1.807) is 24.3 Å². The van der Waals surface area contributed by atoms with Gasteiger partial charge in [-0.2, -0.15) is 0 Å². The molecule has 1 amide bonds. The Bertz CT molecular complexity index is 924. The van der Waals surface area contributed by atoms with Gasteiger partial charge in [-0.1, -0.05) is 18.2 Å². The third kappa shape index (κ3) is 6.97. The molecule has 0 aromatic heterocycles. The standard InChI is InChI=1S/C23H30N2O5S/c1-2-29-21-10-12-22(13-11-21)31(27,28)24-19-14-16-25(17-15-19)23(26)9-6-18-30-20-7-4-3-5-8-20/h3-5,7-8,10-13,19,24H,2,6,9,14-18H2,1H3. The van der Waals surface area contributed by atoms with Crippen molar-refractivity contribution in [2.45, 2.75) is 43.5 Å². The summed E-state index contributed by atoms with van der Waals surface area (Å²) in [4.78, 5) is 14.5. The zero-order valence-electron chi connectivity index (χ0n) is 17.8. The summed E-state index contributed by atoms with van der Waals surface area (Å²) in [5.41, 5.74) is 0. The smallest absolute Gasteiger partial charge is 0.240 e. The Morgan fingerprint density at radius 1 is 1.00 bits per heavy atom. The molecule has 0 bridgehead atoms. The van der Waals surface area contributed by atoms with Gasteiger partial charge in [0.05, 0.1) is 18.1 Å². The zero-order chi connectivity index (χ0) is 22.1. The predicted molar refractivity (Wildman–Crippen MR) is 119 cm³/mol. The summed E-state index contributed by atoms with van der Waals surface area (Å²) < 4.78 is 39.0. The fourth-order valence-corrected chi connectivity index (χ4v) is 4.81. The van der Waals surface area contributed by atoms with Crippen molar-refractivity contribution in [3.8, 4) is 11.5 Å². The van der Waals surface area contributed by atoms with Gasteiger partial charge in [0.25, 0.3) is 0 Å². The van der Waals surface area contributed by atoms with Gasteiger partial charge in [0, 0.05) is 25.6 Å². The molecule has 0 radical (unpaired) electrons. The fourth-order valence-electron chi connectivity index (χ4n) is 3.50. The van der Waals surface area contributed by atoms with Gasteiger partial charge < -0.3 is 14.4 Å². The van der Waals surface area contributed by atoms with Crippen molar-refractivity contribution in [1.82, 2.24) is 9.62 Å². The lowest BCUT2D eigenvalue weighted by molar-refractivity contribution is -0.132. The van der Waals surface area contributed by atoms with Crippen LogP contribution in [0.4, 0.5) is 0 Å². The number of rotatable bonds is 10. The van der Waals surface area contributed by atoms with Gasteiger partial charge in [-0.05, 0) is 62.6 Å². The van der Waals surface area contributed by atoms with Crippen LogP contribution in [0.1, 0.15) is 32.6 Å². The van der Waals surface area contributed by atoms with Crippen molar-refractivity contribution in [1.29, 1.82) is 0 Å². The molecule has 0 spiro atoms. The number of hydrogen-bond acceptors (Lipinski definition) is 5. The quantitative estimate of drug-likeness (QED) is 0.567. The van der Waals surface area contributed by atoms with Crippen LogP contribution < -0.4 is 14.2 Å². The first-order valence-corrected chi connectivity index (χ1v) is 12.2. The van der Waals surface area contributed by atoms with Crippen molar-refractivity contribution in [2.75, 3.05) is 26.3 Å². The minimum absolute atomic E-state index is 0.0875. The third-order valence-electron chi connectivity index (χ3n) is 5.16. The lowest BCUT2D eigenvalue weighted by Crippen LogP contribution is -2.46. The molecule has 1 heterocycles. The van der Waals surface area contributed by atoms with Crippen molar-refractivity contribution >= 4 is 15.9 Å². The molecule has 8 heteroatoms. The van der Waals surface area contributed by atoms with Crippen LogP contribution in [0.5, 0.6) is 11.5 Å². The van der Waals surface area contributed by atoms with Crippen LogP contribution in [0.15, 0.2) is 59.5 Å². The molecule has 0 unspecified atom stereocenters. The van der Waals surface area contributed by atoms with Crippen molar-refractivity contribution < 1.29 is 22.7 Å². The van der Waals surface area contributed by atoms with Crippen molar-refractivity contribution in [2.24, 2.45) is 0 Å². The number of piperidine rings is 1. The summed E-state index contributed by atoms with van der Waals surface area (Å²) in [6.45, 7) is 4.00. The predicted octanol–water partition coefficient (Wildman–Crippen LogP) is 3.21. The highest BCUT2D eigenvalue weighted by Gasteiger charge is 2.26. The van der Waals surface area contributed by atoms with E-state index in [0.29, 0.717) is 57.7 Å². The maximum atomic E-state index is 12.6. The summed E-state index contributed by atoms with van der Waals surface area (Å²) >= 11 is 0. The Morgan fingerprint density at radius 3 is 2.29 bits per heavy atom. The molecular formula is C23H30N2O5S. The van der Waals surface area contributed by atoms with Crippen LogP contribution in [0.2, 0.25) is 0 Å². The van der Waals surface area contributed by atoms with Crippen LogP contribution in [-0.2, 0) is 14.8 Å². The number of carbonyl (C=O) groups is 1. The third-order valence-corrected chi connectivity index (χ3v) is 6.70. The molecule has 0 saturated carbocycles. The number of nitrogens with one attached hydrogen (secondary N) is 1. The highest BCUT2D eigenvalue weighted by Crippen LogP contribution is 2.19. The second-order valence-electron chi connectivity index (χ2n) is 7.45. The molecule has 1 saturated heterocycles. The molecular weight excluding hydrogens is 416 g/mol. The molecule has 0 atom stereocenters. The zero-order valence-corrected chi connectivity index (χ0v) is 18.6. The minimum Gasteiger partial charge on any atom is -0.494 e. The second-order valence-corrected chi connectivity index (χ2v) is 9.16. The van der Waals surface area contributed by atoms with Crippen LogP contribution in [0.3, 0.4) is 0 Å². The number of carbonyl (C=O) groups excluding carboxylic acids is 1. The number of ether oxygens (including phenoxy) is 2. The molecule has 1 fully saturated rings. The number of hydrogen-bond donors (Lipinski definition) is 1. The van der Waals surface area contributed by atoms with E-state index in [0.717, 1.165) is 5.75 Å². The summed E-state index contributed by atoms with van der Waals surface area (Å²) in [7, 11) is -3.60. The van der Waals surface area contributed by atoms with E-state index in [1.165, 1.54) is 0 Å². The Morgan fingerprint density at radius 2 is 1.65 bits per heavy atom. The van der Waals surface area contributed by atoms with Gasteiger partial charge in [0.15, 0.2) is 0 Å². The van der Waals surface area contributed by atoms with E-state index >= 15 is 0 Å². The number of nitrogens with zero attached hydrogens (tertiary/aromatic N) is 1. The molecule has 7 nitrogen and oxygen atoms in total. The van der Waals surface area contributed by atoms with Gasteiger partial charge in [0.2, 0.25) is 15.9 Å². The molecule has 1 aliphatic heterocycles. The Balaban J connectivity index is 1.39. The van der Waals surface area contributed by atoms with Gasteiger partial charge in [0.1, 0.15) is 11.5 Å². The lowest BCUT2D eigenvalue weighted by Gasteiger charge is -2.32. The molecule has 1 aliphatic rings. The maximum Gasteiger partial charge on any atom is 0.240 e. The topological polar surface area (TPSA) is 84.9 Å². The van der Waals surface area contributed by atoms with E-state index in [4.69, 9.17) is 9.47 Å². The number of benzene rings is 2. The van der Waals surface area contributed by atoms with Gasteiger partial charge in [-0.25, -0.2) is 13.1 Å². The van der Waals surface area contributed by atoms with Gasteiger partial charge >= 0.3 is 0 Å². The summed E-state index contributed by atoms with van der Waals surface area (Å²) in [5.74, 6) is 1.53. The Kier molecular flexibility index (Phi) is 8.31. The minimum atomic E-state index is -3.60. The second kappa shape index (κ2) is 11.2. The average molecular weight is 447 g/mol. The summed E-state index contributed by atoms with van der Waals surface area (Å²) in [5, 5.41) is 0. The number of likely N-dealkylation sites (tertiary alicyclic amines) is 1. The van der Waals surface area contributed by atoms with E-state index in [1.807, 2.05) is 42.2 Å². The van der Waals surface area contributed by atoms with Crippen molar-refractivity contribution in [3.05, 3.63) is 54.6 Å². The van der Waals surface area contributed by atoms with E-state index in [2.05, 4.69) is 4.72 Å². The number of para-hydroxylation sites is 1. The Labute approximate surface area is 184 Å². The first-order valence-electron chi connectivity index (χ1n) is 10.7. The molecule has 2 aromatic rings. The van der Waals surface area contributed by atoms with Crippen LogP contribution >= 0.6 is 0 Å². The molecule has 31 heavy (non-hydrogen) atoms. The van der Waals surface area contributed by atoms with Crippen LogP contribution in [0.25, 0.3) is 0 Å². The van der Waals surface area contributed by atoms with Crippen LogP contribution in [-0.4, -0.2) is 51.6 Å². The highest BCUT2D eigenvalue weighted by molar-refractivity contribution is 7.89. The molecule has 0 aliphatic carbocycles. The fraction of sp³-hybridized carbons (Fsp3) is 0.435. The molecule has 3 rings (SSSR count). The van der Waals surface area contributed by atoms with E-state index < -0.39 is 10.0 Å². The number of amides is 1. The number of sulfonamides is 1.